The van der Waals surface area contributed by atoms with Gasteiger partial charge in [0.05, 0.1) is 7.11 Å². The molecule has 0 aromatic heterocycles. The van der Waals surface area contributed by atoms with Crippen LogP contribution in [0.5, 0.6) is 5.75 Å². The van der Waals surface area contributed by atoms with Gasteiger partial charge in [-0.15, -0.1) is 0 Å². The molecule has 0 radical (unpaired) electrons. The average molecular weight is 339 g/mol. The molecular weight excluding hydrogens is 314 g/mol. The first-order chi connectivity index (χ1) is 11.9. The van der Waals surface area contributed by atoms with E-state index in [1.807, 2.05) is 87.5 Å². The maximum atomic E-state index is 12.5. The summed E-state index contributed by atoms with van der Waals surface area (Å²) in [5, 5.41) is 3.21. The van der Waals surface area contributed by atoms with Crippen LogP contribution in [0.3, 0.4) is 0 Å². The fourth-order valence-electron chi connectivity index (χ4n) is 2.19. The Morgan fingerprint density at radius 1 is 1.04 bits per heavy atom. The Morgan fingerprint density at radius 3 is 2.24 bits per heavy atom. The minimum absolute atomic E-state index is 0.324. The minimum atomic E-state index is -0.590. The quantitative estimate of drug-likeness (QED) is 0.786. The van der Waals surface area contributed by atoms with Crippen LogP contribution in [0.25, 0.3) is 6.08 Å². The van der Waals surface area contributed by atoms with Crippen LogP contribution >= 0.6 is 0 Å². The van der Waals surface area contributed by atoms with Crippen molar-refractivity contribution in [3.63, 3.8) is 0 Å². The fourth-order valence-corrected chi connectivity index (χ4v) is 2.19. The summed E-state index contributed by atoms with van der Waals surface area (Å²) in [6.45, 7) is 5.57. The Labute approximate surface area is 149 Å². The molecule has 132 valence electrons. The molecule has 2 rings (SSSR count). The van der Waals surface area contributed by atoms with Gasteiger partial charge in [0.15, 0.2) is 0 Å². The van der Waals surface area contributed by atoms with Gasteiger partial charge in [0.1, 0.15) is 17.4 Å². The van der Waals surface area contributed by atoms with E-state index >= 15 is 0 Å². The van der Waals surface area contributed by atoms with Crippen molar-refractivity contribution in [3.8, 4) is 5.75 Å². The van der Waals surface area contributed by atoms with Gasteiger partial charge in [0.25, 0.3) is 0 Å². The van der Waals surface area contributed by atoms with Crippen LogP contribution in [-0.2, 0) is 9.53 Å². The molecule has 0 saturated carbocycles. The highest BCUT2D eigenvalue weighted by molar-refractivity contribution is 5.83. The standard InChI is InChI=1S/C21H25NO3/c1-21(2,3)25-20(23)19(15-10-16-8-6-5-7-9-16)22-17-11-13-18(24-4)14-12-17/h5-15,19,22H,1-4H3/b15-10+. The lowest BCUT2D eigenvalue weighted by Gasteiger charge is -2.23. The van der Waals surface area contributed by atoms with Crippen molar-refractivity contribution in [2.45, 2.75) is 32.4 Å². The number of anilines is 1. The fraction of sp³-hybridized carbons (Fsp3) is 0.286. The molecular formula is C21H25NO3. The number of carbonyl (C=O) groups is 1. The Kier molecular flexibility index (Phi) is 6.23. The van der Waals surface area contributed by atoms with Gasteiger partial charge < -0.3 is 14.8 Å². The lowest BCUT2D eigenvalue weighted by molar-refractivity contribution is -0.154. The number of nitrogens with one attached hydrogen (secondary N) is 1. The predicted octanol–water partition coefficient (Wildman–Crippen LogP) is 4.53. The van der Waals surface area contributed by atoms with Crippen molar-refractivity contribution in [2.24, 2.45) is 0 Å². The van der Waals surface area contributed by atoms with Crippen molar-refractivity contribution in [2.75, 3.05) is 12.4 Å². The molecule has 0 aliphatic carbocycles. The van der Waals surface area contributed by atoms with Crippen LogP contribution < -0.4 is 10.1 Å². The van der Waals surface area contributed by atoms with Gasteiger partial charge in [0.2, 0.25) is 0 Å². The maximum Gasteiger partial charge on any atom is 0.333 e. The van der Waals surface area contributed by atoms with E-state index in [1.165, 1.54) is 0 Å². The first-order valence-electron chi connectivity index (χ1n) is 8.24. The van der Waals surface area contributed by atoms with Crippen molar-refractivity contribution in [1.82, 2.24) is 0 Å². The maximum absolute atomic E-state index is 12.5. The van der Waals surface area contributed by atoms with Gasteiger partial charge in [-0.1, -0.05) is 42.5 Å². The molecule has 2 aromatic carbocycles. The van der Waals surface area contributed by atoms with E-state index in [2.05, 4.69) is 5.32 Å². The third kappa shape index (κ3) is 6.34. The first-order valence-corrected chi connectivity index (χ1v) is 8.24. The van der Waals surface area contributed by atoms with Gasteiger partial charge in [0, 0.05) is 5.69 Å². The molecule has 0 aliphatic heterocycles. The molecule has 4 heteroatoms. The summed E-state index contributed by atoms with van der Waals surface area (Å²) < 4.78 is 10.7. The smallest absolute Gasteiger partial charge is 0.333 e. The molecule has 0 aliphatic rings. The highest BCUT2D eigenvalue weighted by Gasteiger charge is 2.23. The van der Waals surface area contributed by atoms with E-state index in [1.54, 1.807) is 7.11 Å². The minimum Gasteiger partial charge on any atom is -0.497 e. The van der Waals surface area contributed by atoms with Crippen molar-refractivity contribution in [3.05, 3.63) is 66.2 Å². The highest BCUT2D eigenvalue weighted by atomic mass is 16.6. The SMILES string of the molecule is COc1ccc(NC(/C=C/c2ccccc2)C(=O)OC(C)(C)C)cc1. The van der Waals surface area contributed by atoms with Crippen LogP contribution in [0, 0.1) is 0 Å². The molecule has 0 fully saturated rings. The number of ether oxygens (including phenoxy) is 2. The van der Waals surface area contributed by atoms with E-state index in [-0.39, 0.29) is 5.97 Å². The molecule has 0 spiro atoms. The number of esters is 1. The molecule has 0 bridgehead atoms. The summed E-state index contributed by atoms with van der Waals surface area (Å²) in [6, 6.07) is 16.7. The number of benzene rings is 2. The zero-order valence-corrected chi connectivity index (χ0v) is 15.2. The number of hydrogen-bond acceptors (Lipinski definition) is 4. The third-order valence-corrected chi connectivity index (χ3v) is 3.35. The van der Waals surface area contributed by atoms with Crippen molar-refractivity contribution in [1.29, 1.82) is 0 Å². The second-order valence-electron chi connectivity index (χ2n) is 6.65. The summed E-state index contributed by atoms with van der Waals surface area (Å²) in [4.78, 5) is 12.5. The van der Waals surface area contributed by atoms with E-state index < -0.39 is 11.6 Å². The van der Waals surface area contributed by atoms with Crippen LogP contribution in [0.2, 0.25) is 0 Å². The van der Waals surface area contributed by atoms with Gasteiger partial charge in [-0.05, 0) is 50.6 Å². The van der Waals surface area contributed by atoms with Gasteiger partial charge in [-0.3, -0.25) is 0 Å². The van der Waals surface area contributed by atoms with Gasteiger partial charge >= 0.3 is 5.97 Å². The Hall–Kier alpha value is -2.75. The van der Waals surface area contributed by atoms with E-state index in [9.17, 15) is 4.79 Å². The lowest BCUT2D eigenvalue weighted by atomic mass is 10.1. The molecule has 2 aromatic rings. The molecule has 1 N–H and O–H groups in total. The number of methoxy groups -OCH3 is 1. The zero-order chi connectivity index (χ0) is 18.3. The van der Waals surface area contributed by atoms with Crippen molar-refractivity contribution >= 4 is 17.7 Å². The van der Waals surface area contributed by atoms with Crippen LogP contribution in [0.15, 0.2) is 60.7 Å². The predicted molar refractivity (Wildman–Crippen MR) is 102 cm³/mol. The third-order valence-electron chi connectivity index (χ3n) is 3.35. The number of hydrogen-bond donors (Lipinski definition) is 1. The number of rotatable bonds is 6. The van der Waals surface area contributed by atoms with E-state index in [0.717, 1.165) is 17.0 Å². The number of carbonyl (C=O) groups excluding carboxylic acids is 1. The zero-order valence-electron chi connectivity index (χ0n) is 15.2. The molecule has 1 unspecified atom stereocenters. The monoisotopic (exact) mass is 339 g/mol. The topological polar surface area (TPSA) is 47.6 Å². The molecule has 25 heavy (non-hydrogen) atoms. The van der Waals surface area contributed by atoms with E-state index in [4.69, 9.17) is 9.47 Å². The van der Waals surface area contributed by atoms with Crippen LogP contribution in [0.4, 0.5) is 5.69 Å². The van der Waals surface area contributed by atoms with Gasteiger partial charge in [-0.25, -0.2) is 4.79 Å². The summed E-state index contributed by atoms with van der Waals surface area (Å²) in [5.41, 5.74) is 1.29. The Bertz CT molecular complexity index is 700. The molecule has 1 atom stereocenters. The van der Waals surface area contributed by atoms with E-state index in [0.29, 0.717) is 0 Å². The van der Waals surface area contributed by atoms with Crippen molar-refractivity contribution < 1.29 is 14.3 Å². The average Bonchev–Trinajstić information content (AvgIpc) is 2.58. The van der Waals surface area contributed by atoms with Crippen LogP contribution in [0.1, 0.15) is 26.3 Å². The lowest BCUT2D eigenvalue weighted by Crippen LogP contribution is -2.35. The summed E-state index contributed by atoms with van der Waals surface area (Å²) in [6.07, 6.45) is 3.72. The Balaban J connectivity index is 2.18. The molecule has 4 nitrogen and oxygen atoms in total. The second-order valence-corrected chi connectivity index (χ2v) is 6.65. The summed E-state index contributed by atoms with van der Waals surface area (Å²) >= 11 is 0. The molecule has 0 amide bonds. The normalized spacial score (nSPS) is 12.6. The summed E-state index contributed by atoms with van der Waals surface area (Å²) in [5.74, 6) is 0.440. The van der Waals surface area contributed by atoms with Crippen LogP contribution in [-0.4, -0.2) is 24.7 Å². The van der Waals surface area contributed by atoms with Gasteiger partial charge in [-0.2, -0.15) is 0 Å². The molecule has 0 heterocycles. The summed E-state index contributed by atoms with van der Waals surface area (Å²) in [7, 11) is 1.62. The largest absolute Gasteiger partial charge is 0.497 e. The first kappa shape index (κ1) is 18.6. The second kappa shape index (κ2) is 8.38. The molecule has 0 saturated heterocycles. The highest BCUT2D eigenvalue weighted by Crippen LogP contribution is 2.18. The Morgan fingerprint density at radius 2 is 1.68 bits per heavy atom.